The Morgan fingerprint density at radius 1 is 1.18 bits per heavy atom. The Morgan fingerprint density at radius 2 is 1.94 bits per heavy atom. The standard InChI is InChI=1S/C11H21N5O/c1-9-10(2)14-15-11(13-9)16(6-4-5-12)7-8-17-3/h4-8,12H2,1-3H3. The fraction of sp³-hybridized carbons (Fsp3) is 0.727. The third-order valence-corrected chi connectivity index (χ3v) is 2.56. The molecule has 0 aliphatic carbocycles. The van der Waals surface area contributed by atoms with Crippen molar-refractivity contribution < 1.29 is 4.74 Å². The molecule has 0 bridgehead atoms. The van der Waals surface area contributed by atoms with Crippen LogP contribution in [0.15, 0.2) is 0 Å². The number of aromatic nitrogens is 3. The molecule has 6 nitrogen and oxygen atoms in total. The molecule has 0 aliphatic heterocycles. The van der Waals surface area contributed by atoms with E-state index in [4.69, 9.17) is 10.5 Å². The SMILES string of the molecule is COCCN(CCCN)c1nnc(C)c(C)n1. The van der Waals surface area contributed by atoms with E-state index < -0.39 is 0 Å². The zero-order chi connectivity index (χ0) is 12.7. The molecular formula is C11H21N5O. The van der Waals surface area contributed by atoms with Crippen molar-refractivity contribution in [3.05, 3.63) is 11.4 Å². The van der Waals surface area contributed by atoms with Crippen LogP contribution in [0.2, 0.25) is 0 Å². The normalized spacial score (nSPS) is 10.6. The van der Waals surface area contributed by atoms with Gasteiger partial charge >= 0.3 is 0 Å². The molecule has 1 aromatic rings. The summed E-state index contributed by atoms with van der Waals surface area (Å²) in [6.07, 6.45) is 0.903. The van der Waals surface area contributed by atoms with Gasteiger partial charge in [0.15, 0.2) is 0 Å². The predicted octanol–water partition coefficient (Wildman–Crippen LogP) is 0.290. The van der Waals surface area contributed by atoms with E-state index >= 15 is 0 Å². The van der Waals surface area contributed by atoms with Gasteiger partial charge in [-0.15, -0.1) is 5.10 Å². The molecule has 2 N–H and O–H groups in total. The number of aryl methyl sites for hydroxylation is 2. The van der Waals surface area contributed by atoms with Crippen LogP contribution in [0.4, 0.5) is 5.95 Å². The van der Waals surface area contributed by atoms with Gasteiger partial charge in [-0.3, -0.25) is 0 Å². The lowest BCUT2D eigenvalue weighted by atomic mass is 10.3. The van der Waals surface area contributed by atoms with Crippen LogP contribution in [0, 0.1) is 13.8 Å². The molecule has 0 amide bonds. The summed E-state index contributed by atoms with van der Waals surface area (Å²) in [4.78, 5) is 6.49. The molecule has 0 aliphatic rings. The third-order valence-electron chi connectivity index (χ3n) is 2.56. The number of nitrogens with zero attached hydrogens (tertiary/aromatic N) is 4. The molecule has 1 rings (SSSR count). The molecule has 0 saturated heterocycles. The van der Waals surface area contributed by atoms with E-state index in [9.17, 15) is 0 Å². The summed E-state index contributed by atoms with van der Waals surface area (Å²) >= 11 is 0. The quantitative estimate of drug-likeness (QED) is 0.737. The van der Waals surface area contributed by atoms with Crippen LogP contribution in [0.3, 0.4) is 0 Å². The van der Waals surface area contributed by atoms with E-state index in [0.717, 1.165) is 30.9 Å². The molecule has 0 radical (unpaired) electrons. The molecule has 0 unspecified atom stereocenters. The Kier molecular flexibility index (Phi) is 5.79. The van der Waals surface area contributed by atoms with Crippen molar-refractivity contribution in [3.63, 3.8) is 0 Å². The van der Waals surface area contributed by atoms with Crippen molar-refractivity contribution in [3.8, 4) is 0 Å². The fourth-order valence-corrected chi connectivity index (χ4v) is 1.37. The van der Waals surface area contributed by atoms with Gasteiger partial charge < -0.3 is 15.4 Å². The highest BCUT2D eigenvalue weighted by Gasteiger charge is 2.10. The van der Waals surface area contributed by atoms with Gasteiger partial charge in [0.1, 0.15) is 0 Å². The monoisotopic (exact) mass is 239 g/mol. The van der Waals surface area contributed by atoms with Crippen molar-refractivity contribution in [1.82, 2.24) is 15.2 Å². The van der Waals surface area contributed by atoms with Gasteiger partial charge in [0.05, 0.1) is 18.0 Å². The molecule has 0 saturated carbocycles. The maximum Gasteiger partial charge on any atom is 0.245 e. The van der Waals surface area contributed by atoms with Gasteiger partial charge in [0.2, 0.25) is 5.95 Å². The fourth-order valence-electron chi connectivity index (χ4n) is 1.37. The summed E-state index contributed by atoms with van der Waals surface area (Å²) in [7, 11) is 1.68. The molecule has 0 fully saturated rings. The van der Waals surface area contributed by atoms with E-state index in [2.05, 4.69) is 20.1 Å². The summed E-state index contributed by atoms with van der Waals surface area (Å²) in [5, 5.41) is 8.20. The zero-order valence-corrected chi connectivity index (χ0v) is 10.8. The molecule has 1 aromatic heterocycles. The van der Waals surface area contributed by atoms with Crippen LogP contribution in [-0.2, 0) is 4.74 Å². The third kappa shape index (κ3) is 4.24. The number of rotatable bonds is 7. The van der Waals surface area contributed by atoms with Gasteiger partial charge in [-0.1, -0.05) is 0 Å². The van der Waals surface area contributed by atoms with Crippen LogP contribution in [-0.4, -0.2) is 48.5 Å². The van der Waals surface area contributed by atoms with Crippen molar-refractivity contribution in [2.24, 2.45) is 5.73 Å². The Labute approximate surface area is 102 Å². The van der Waals surface area contributed by atoms with Gasteiger partial charge in [-0.2, -0.15) is 5.10 Å². The van der Waals surface area contributed by atoms with E-state index in [1.54, 1.807) is 7.11 Å². The van der Waals surface area contributed by atoms with E-state index in [1.165, 1.54) is 0 Å². The van der Waals surface area contributed by atoms with Gasteiger partial charge in [-0.05, 0) is 26.8 Å². The highest BCUT2D eigenvalue weighted by Crippen LogP contribution is 2.08. The summed E-state index contributed by atoms with van der Waals surface area (Å²) in [5.74, 6) is 0.651. The van der Waals surface area contributed by atoms with Crippen LogP contribution >= 0.6 is 0 Å². The molecular weight excluding hydrogens is 218 g/mol. The Morgan fingerprint density at radius 3 is 2.53 bits per heavy atom. The molecule has 96 valence electrons. The predicted molar refractivity (Wildman–Crippen MR) is 67.1 cm³/mol. The number of anilines is 1. The Bertz CT molecular complexity index is 337. The summed E-state index contributed by atoms with van der Waals surface area (Å²) in [5.41, 5.74) is 7.29. The van der Waals surface area contributed by atoms with Crippen LogP contribution in [0.1, 0.15) is 17.8 Å². The second-order valence-electron chi connectivity index (χ2n) is 3.90. The minimum atomic E-state index is 0.640. The Balaban J connectivity index is 2.75. The maximum absolute atomic E-state index is 5.52. The van der Waals surface area contributed by atoms with E-state index in [-0.39, 0.29) is 0 Å². The average molecular weight is 239 g/mol. The van der Waals surface area contributed by atoms with E-state index in [1.807, 2.05) is 13.8 Å². The summed E-state index contributed by atoms with van der Waals surface area (Å²) < 4.78 is 5.08. The smallest absolute Gasteiger partial charge is 0.245 e. The maximum atomic E-state index is 5.52. The van der Waals surface area contributed by atoms with Crippen LogP contribution in [0.25, 0.3) is 0 Å². The average Bonchev–Trinajstić information content (AvgIpc) is 2.33. The number of ether oxygens (including phenoxy) is 1. The molecule has 0 spiro atoms. The van der Waals surface area contributed by atoms with Gasteiger partial charge in [-0.25, -0.2) is 4.98 Å². The molecule has 17 heavy (non-hydrogen) atoms. The lowest BCUT2D eigenvalue weighted by Crippen LogP contribution is -2.31. The van der Waals surface area contributed by atoms with E-state index in [0.29, 0.717) is 19.1 Å². The largest absolute Gasteiger partial charge is 0.383 e. The number of hydrogen-bond donors (Lipinski definition) is 1. The highest BCUT2D eigenvalue weighted by atomic mass is 16.5. The van der Waals surface area contributed by atoms with Gasteiger partial charge in [0, 0.05) is 20.2 Å². The number of nitrogens with two attached hydrogens (primary N) is 1. The second-order valence-corrected chi connectivity index (χ2v) is 3.90. The van der Waals surface area contributed by atoms with Crippen molar-refractivity contribution >= 4 is 5.95 Å². The first-order valence-corrected chi connectivity index (χ1v) is 5.81. The topological polar surface area (TPSA) is 77.2 Å². The lowest BCUT2D eigenvalue weighted by molar-refractivity contribution is 0.204. The Hall–Kier alpha value is -1.27. The summed E-state index contributed by atoms with van der Waals surface area (Å²) in [6.45, 7) is 6.71. The van der Waals surface area contributed by atoms with Crippen LogP contribution < -0.4 is 10.6 Å². The van der Waals surface area contributed by atoms with Crippen LogP contribution in [0.5, 0.6) is 0 Å². The lowest BCUT2D eigenvalue weighted by Gasteiger charge is -2.21. The highest BCUT2D eigenvalue weighted by molar-refractivity contribution is 5.29. The molecule has 0 atom stereocenters. The summed E-state index contributed by atoms with van der Waals surface area (Å²) in [6, 6.07) is 0. The minimum Gasteiger partial charge on any atom is -0.383 e. The molecule has 6 heteroatoms. The molecule has 0 aromatic carbocycles. The first-order chi connectivity index (χ1) is 8.19. The molecule has 1 heterocycles. The first kappa shape index (κ1) is 13.8. The zero-order valence-electron chi connectivity index (χ0n) is 10.8. The second kappa shape index (κ2) is 7.13. The minimum absolute atomic E-state index is 0.640. The number of methoxy groups -OCH3 is 1. The first-order valence-electron chi connectivity index (χ1n) is 5.81. The van der Waals surface area contributed by atoms with Gasteiger partial charge in [0.25, 0.3) is 0 Å². The van der Waals surface area contributed by atoms with Crippen molar-refractivity contribution in [2.75, 3.05) is 38.3 Å². The number of hydrogen-bond acceptors (Lipinski definition) is 6. The van der Waals surface area contributed by atoms with Crippen molar-refractivity contribution in [1.29, 1.82) is 0 Å². The van der Waals surface area contributed by atoms with Crippen molar-refractivity contribution in [2.45, 2.75) is 20.3 Å².